The highest BCUT2D eigenvalue weighted by Crippen LogP contribution is 2.11. The van der Waals surface area contributed by atoms with E-state index in [1.165, 1.54) is 7.11 Å². The van der Waals surface area contributed by atoms with Crippen LogP contribution in [-0.4, -0.2) is 26.3 Å². The van der Waals surface area contributed by atoms with Gasteiger partial charge in [-0.25, -0.2) is 4.79 Å². The van der Waals surface area contributed by atoms with Crippen LogP contribution in [0.1, 0.15) is 17.2 Å². The standard InChI is InChI=1S/C13H15NO3/c1-3-10-4-6-11(7-5-10)12(14)8-17-9-13(15)16-2/h1,4-7,12H,8-9,14H2,2H3. The first-order chi connectivity index (χ1) is 8.17. The van der Waals surface area contributed by atoms with Crippen LogP contribution in [-0.2, 0) is 14.3 Å². The van der Waals surface area contributed by atoms with Crippen LogP contribution in [0, 0.1) is 12.3 Å². The normalized spacial score (nSPS) is 11.6. The van der Waals surface area contributed by atoms with Gasteiger partial charge in [-0.15, -0.1) is 6.42 Å². The Balaban J connectivity index is 2.44. The Morgan fingerprint density at radius 2 is 2.12 bits per heavy atom. The van der Waals surface area contributed by atoms with Gasteiger partial charge < -0.3 is 15.2 Å². The van der Waals surface area contributed by atoms with Crippen LogP contribution in [0.25, 0.3) is 0 Å². The molecule has 0 radical (unpaired) electrons. The summed E-state index contributed by atoms with van der Waals surface area (Å²) in [5.41, 5.74) is 7.60. The van der Waals surface area contributed by atoms with E-state index in [0.717, 1.165) is 11.1 Å². The van der Waals surface area contributed by atoms with Gasteiger partial charge in [-0.1, -0.05) is 18.1 Å². The highest BCUT2D eigenvalue weighted by atomic mass is 16.6. The Morgan fingerprint density at radius 1 is 1.47 bits per heavy atom. The quantitative estimate of drug-likeness (QED) is 0.605. The molecule has 90 valence electrons. The lowest BCUT2D eigenvalue weighted by Gasteiger charge is -2.12. The van der Waals surface area contributed by atoms with Gasteiger partial charge in [-0.05, 0) is 17.7 Å². The molecule has 0 saturated carbocycles. The van der Waals surface area contributed by atoms with Crippen LogP contribution in [0.15, 0.2) is 24.3 Å². The first kappa shape index (κ1) is 13.2. The van der Waals surface area contributed by atoms with Crippen molar-refractivity contribution in [2.75, 3.05) is 20.3 Å². The van der Waals surface area contributed by atoms with E-state index in [-0.39, 0.29) is 19.3 Å². The van der Waals surface area contributed by atoms with Crippen LogP contribution in [0.3, 0.4) is 0 Å². The predicted octanol–water partition coefficient (Wildman–Crippen LogP) is 0.857. The van der Waals surface area contributed by atoms with Gasteiger partial charge in [-0.2, -0.15) is 0 Å². The third-order valence-corrected chi connectivity index (χ3v) is 2.25. The fourth-order valence-corrected chi connectivity index (χ4v) is 1.25. The number of terminal acetylenes is 1. The maximum atomic E-state index is 10.8. The average molecular weight is 233 g/mol. The zero-order chi connectivity index (χ0) is 12.7. The summed E-state index contributed by atoms with van der Waals surface area (Å²) in [5, 5.41) is 0. The number of hydrogen-bond donors (Lipinski definition) is 1. The molecule has 0 aliphatic carbocycles. The monoisotopic (exact) mass is 233 g/mol. The molecule has 17 heavy (non-hydrogen) atoms. The maximum absolute atomic E-state index is 10.8. The van der Waals surface area contributed by atoms with Gasteiger partial charge in [0.15, 0.2) is 0 Å². The molecule has 0 saturated heterocycles. The second kappa shape index (κ2) is 6.69. The molecule has 0 spiro atoms. The van der Waals surface area contributed by atoms with Gasteiger partial charge in [0.05, 0.1) is 19.8 Å². The van der Waals surface area contributed by atoms with Crippen LogP contribution < -0.4 is 5.73 Å². The predicted molar refractivity (Wildman–Crippen MR) is 64.1 cm³/mol. The topological polar surface area (TPSA) is 61.5 Å². The zero-order valence-electron chi connectivity index (χ0n) is 9.68. The fraction of sp³-hybridized carbons (Fsp3) is 0.308. The van der Waals surface area contributed by atoms with E-state index in [1.54, 1.807) is 0 Å². The first-order valence-electron chi connectivity index (χ1n) is 5.14. The molecule has 0 amide bonds. The molecule has 0 bridgehead atoms. The summed E-state index contributed by atoms with van der Waals surface area (Å²) in [4.78, 5) is 10.8. The number of esters is 1. The number of rotatable bonds is 5. The summed E-state index contributed by atoms with van der Waals surface area (Å²) in [5.74, 6) is 2.11. The molecular weight excluding hydrogens is 218 g/mol. The van der Waals surface area contributed by atoms with Crippen molar-refractivity contribution in [2.45, 2.75) is 6.04 Å². The van der Waals surface area contributed by atoms with Crippen LogP contribution in [0.4, 0.5) is 0 Å². The van der Waals surface area contributed by atoms with E-state index in [4.69, 9.17) is 16.9 Å². The molecule has 1 rings (SSSR count). The SMILES string of the molecule is C#Cc1ccc(C(N)COCC(=O)OC)cc1. The van der Waals surface area contributed by atoms with Gasteiger partial charge in [0.2, 0.25) is 0 Å². The minimum absolute atomic E-state index is 0.0906. The molecule has 0 heterocycles. The molecular formula is C13H15NO3. The smallest absolute Gasteiger partial charge is 0.331 e. The molecule has 0 aliphatic rings. The molecule has 0 aromatic heterocycles. The molecule has 1 aromatic carbocycles. The van der Waals surface area contributed by atoms with Crippen LogP contribution in [0.5, 0.6) is 0 Å². The van der Waals surface area contributed by atoms with Gasteiger partial charge in [0, 0.05) is 5.56 Å². The summed E-state index contributed by atoms with van der Waals surface area (Å²) in [6.07, 6.45) is 5.25. The molecule has 4 heteroatoms. The van der Waals surface area contributed by atoms with Gasteiger partial charge in [0.1, 0.15) is 6.61 Å². The summed E-state index contributed by atoms with van der Waals surface area (Å²) in [7, 11) is 1.31. The van der Waals surface area contributed by atoms with Crippen LogP contribution >= 0.6 is 0 Å². The van der Waals surface area contributed by atoms with Crippen molar-refractivity contribution in [3.05, 3.63) is 35.4 Å². The van der Waals surface area contributed by atoms with Crippen LogP contribution in [0.2, 0.25) is 0 Å². The van der Waals surface area contributed by atoms with Crippen molar-refractivity contribution in [3.8, 4) is 12.3 Å². The Hall–Kier alpha value is -1.83. The number of carbonyl (C=O) groups is 1. The Kier molecular flexibility index (Phi) is 5.21. The number of benzene rings is 1. The van der Waals surface area contributed by atoms with E-state index >= 15 is 0 Å². The second-order valence-electron chi connectivity index (χ2n) is 3.46. The van der Waals surface area contributed by atoms with Crippen molar-refractivity contribution < 1.29 is 14.3 Å². The highest BCUT2D eigenvalue weighted by molar-refractivity contribution is 5.70. The third-order valence-electron chi connectivity index (χ3n) is 2.25. The van der Waals surface area contributed by atoms with Gasteiger partial charge in [-0.3, -0.25) is 0 Å². The number of methoxy groups -OCH3 is 1. The number of nitrogens with two attached hydrogens (primary N) is 1. The maximum Gasteiger partial charge on any atom is 0.331 e. The molecule has 0 aliphatic heterocycles. The number of carbonyl (C=O) groups excluding carboxylic acids is 1. The van der Waals surface area contributed by atoms with Gasteiger partial charge >= 0.3 is 5.97 Å². The Bertz CT molecular complexity index is 406. The first-order valence-corrected chi connectivity index (χ1v) is 5.14. The molecule has 4 nitrogen and oxygen atoms in total. The second-order valence-corrected chi connectivity index (χ2v) is 3.46. The van der Waals surface area contributed by atoms with Crippen molar-refractivity contribution in [2.24, 2.45) is 5.73 Å². The zero-order valence-corrected chi connectivity index (χ0v) is 9.68. The lowest BCUT2D eigenvalue weighted by Crippen LogP contribution is -2.20. The molecule has 1 unspecified atom stereocenters. The highest BCUT2D eigenvalue weighted by Gasteiger charge is 2.07. The largest absolute Gasteiger partial charge is 0.467 e. The molecule has 1 atom stereocenters. The van der Waals surface area contributed by atoms with E-state index in [0.29, 0.717) is 0 Å². The lowest BCUT2D eigenvalue weighted by molar-refractivity contribution is -0.146. The number of hydrogen-bond acceptors (Lipinski definition) is 4. The van der Waals surface area contributed by atoms with E-state index in [2.05, 4.69) is 10.7 Å². The summed E-state index contributed by atoms with van der Waals surface area (Å²) in [6, 6.07) is 7.04. The Morgan fingerprint density at radius 3 is 2.65 bits per heavy atom. The number of ether oxygens (including phenoxy) is 2. The summed E-state index contributed by atoms with van der Waals surface area (Å²) >= 11 is 0. The molecule has 2 N–H and O–H groups in total. The van der Waals surface area contributed by atoms with E-state index < -0.39 is 5.97 Å². The average Bonchev–Trinajstić information content (AvgIpc) is 2.38. The Labute approximate surface area is 101 Å². The fourth-order valence-electron chi connectivity index (χ4n) is 1.25. The minimum Gasteiger partial charge on any atom is -0.467 e. The van der Waals surface area contributed by atoms with E-state index in [9.17, 15) is 4.79 Å². The lowest BCUT2D eigenvalue weighted by atomic mass is 10.1. The van der Waals surface area contributed by atoms with Crippen molar-refractivity contribution in [1.29, 1.82) is 0 Å². The summed E-state index contributed by atoms with van der Waals surface area (Å²) in [6.45, 7) is 0.164. The third kappa shape index (κ3) is 4.27. The summed E-state index contributed by atoms with van der Waals surface area (Å²) < 4.78 is 9.56. The molecule has 0 fully saturated rings. The van der Waals surface area contributed by atoms with Crippen molar-refractivity contribution in [1.82, 2.24) is 0 Å². The van der Waals surface area contributed by atoms with E-state index in [1.807, 2.05) is 24.3 Å². The van der Waals surface area contributed by atoms with Crippen molar-refractivity contribution >= 4 is 5.97 Å². The van der Waals surface area contributed by atoms with Crippen molar-refractivity contribution in [3.63, 3.8) is 0 Å². The van der Waals surface area contributed by atoms with Gasteiger partial charge in [0.25, 0.3) is 0 Å². The minimum atomic E-state index is -0.417. The molecule has 1 aromatic rings.